The maximum Gasteiger partial charge on any atom is 0.315 e. The van der Waals surface area contributed by atoms with Crippen LogP contribution in [0.3, 0.4) is 0 Å². The average molecular weight is 338 g/mol. The Morgan fingerprint density at radius 1 is 1.00 bits per heavy atom. The minimum atomic E-state index is -0.139. The van der Waals surface area contributed by atoms with Crippen LogP contribution >= 0.6 is 0 Å². The molecule has 0 atom stereocenters. The summed E-state index contributed by atoms with van der Waals surface area (Å²) in [6.07, 6.45) is 3.47. The lowest BCUT2D eigenvalue weighted by molar-refractivity contribution is 0.174. The van der Waals surface area contributed by atoms with Gasteiger partial charge < -0.3 is 20.1 Å². The molecule has 2 N–H and O–H groups in total. The van der Waals surface area contributed by atoms with Gasteiger partial charge in [0.1, 0.15) is 0 Å². The molecule has 5 nitrogen and oxygen atoms in total. The third-order valence-corrected chi connectivity index (χ3v) is 5.17. The molecule has 0 aromatic heterocycles. The van der Waals surface area contributed by atoms with Gasteiger partial charge in [-0.15, -0.1) is 0 Å². The second-order valence-electron chi connectivity index (χ2n) is 6.72. The highest BCUT2D eigenvalue weighted by Gasteiger charge is 2.38. The van der Waals surface area contributed by atoms with Crippen LogP contribution in [-0.2, 0) is 12.0 Å². The molecule has 2 aliphatic rings. The third kappa shape index (κ3) is 3.27. The zero-order chi connectivity index (χ0) is 17.1. The number of hydrogen-bond acceptors (Lipinski definition) is 3. The molecule has 0 radical (unpaired) electrons. The summed E-state index contributed by atoms with van der Waals surface area (Å²) in [5.41, 5.74) is 2.40. The van der Waals surface area contributed by atoms with Crippen molar-refractivity contribution in [1.29, 1.82) is 0 Å². The average Bonchev–Trinajstić information content (AvgIpc) is 3.08. The summed E-state index contributed by atoms with van der Waals surface area (Å²) < 4.78 is 10.7. The van der Waals surface area contributed by atoms with Crippen molar-refractivity contribution in [2.45, 2.75) is 31.2 Å². The number of fused-ring (bicyclic) bond motifs is 1. The van der Waals surface area contributed by atoms with Crippen molar-refractivity contribution in [3.05, 3.63) is 59.7 Å². The largest absolute Gasteiger partial charge is 0.454 e. The van der Waals surface area contributed by atoms with E-state index in [2.05, 4.69) is 34.9 Å². The molecule has 5 heteroatoms. The van der Waals surface area contributed by atoms with Crippen molar-refractivity contribution in [1.82, 2.24) is 10.6 Å². The molecule has 2 amide bonds. The van der Waals surface area contributed by atoms with Crippen LogP contribution in [0.5, 0.6) is 11.5 Å². The molecule has 2 aromatic carbocycles. The van der Waals surface area contributed by atoms with Gasteiger partial charge in [-0.1, -0.05) is 42.8 Å². The molecule has 0 spiro atoms. The fourth-order valence-corrected chi connectivity index (χ4v) is 3.51. The molecular weight excluding hydrogens is 316 g/mol. The van der Waals surface area contributed by atoms with E-state index >= 15 is 0 Å². The van der Waals surface area contributed by atoms with Gasteiger partial charge in [0.05, 0.1) is 0 Å². The van der Waals surface area contributed by atoms with Crippen LogP contribution < -0.4 is 20.1 Å². The molecule has 0 saturated heterocycles. The smallest absolute Gasteiger partial charge is 0.315 e. The summed E-state index contributed by atoms with van der Waals surface area (Å²) in [7, 11) is 0. The van der Waals surface area contributed by atoms with Gasteiger partial charge in [0, 0.05) is 18.5 Å². The predicted octanol–water partition coefficient (Wildman–Crippen LogP) is 3.34. The number of benzene rings is 2. The van der Waals surface area contributed by atoms with Crippen LogP contribution in [0, 0.1) is 0 Å². The normalized spacial score (nSPS) is 16.8. The van der Waals surface area contributed by atoms with Crippen LogP contribution in [0.2, 0.25) is 0 Å². The number of nitrogens with one attached hydrogen (secondary N) is 2. The molecule has 1 aliphatic carbocycles. The van der Waals surface area contributed by atoms with Crippen LogP contribution in [-0.4, -0.2) is 19.4 Å². The maximum absolute atomic E-state index is 12.2. The van der Waals surface area contributed by atoms with Crippen molar-refractivity contribution in [3.63, 3.8) is 0 Å². The molecule has 1 aliphatic heterocycles. The van der Waals surface area contributed by atoms with Crippen molar-refractivity contribution < 1.29 is 14.3 Å². The molecule has 0 unspecified atom stereocenters. The summed E-state index contributed by atoms with van der Waals surface area (Å²) in [5, 5.41) is 5.96. The van der Waals surface area contributed by atoms with E-state index < -0.39 is 0 Å². The van der Waals surface area contributed by atoms with Gasteiger partial charge in [0.2, 0.25) is 6.79 Å². The predicted molar refractivity (Wildman–Crippen MR) is 94.8 cm³/mol. The second kappa shape index (κ2) is 6.67. The monoisotopic (exact) mass is 338 g/mol. The SMILES string of the molecule is O=C(NCc1ccc2c(c1)OCO2)NCC1(c2ccccc2)CCC1. The van der Waals surface area contributed by atoms with Crippen LogP contribution in [0.1, 0.15) is 30.4 Å². The summed E-state index contributed by atoms with van der Waals surface area (Å²) in [6.45, 7) is 1.39. The number of rotatable bonds is 5. The zero-order valence-corrected chi connectivity index (χ0v) is 14.1. The Kier molecular flexibility index (Phi) is 4.22. The molecule has 4 rings (SSSR count). The minimum Gasteiger partial charge on any atom is -0.454 e. The quantitative estimate of drug-likeness (QED) is 0.879. The Labute approximate surface area is 147 Å². The lowest BCUT2D eigenvalue weighted by atomic mass is 9.64. The van der Waals surface area contributed by atoms with E-state index in [1.165, 1.54) is 12.0 Å². The molecular formula is C20H22N2O3. The zero-order valence-electron chi connectivity index (χ0n) is 14.1. The van der Waals surface area contributed by atoms with E-state index in [0.717, 1.165) is 29.9 Å². The summed E-state index contributed by atoms with van der Waals surface area (Å²) in [4.78, 5) is 12.2. The van der Waals surface area contributed by atoms with Gasteiger partial charge in [-0.05, 0) is 36.1 Å². The molecule has 1 heterocycles. The highest BCUT2D eigenvalue weighted by atomic mass is 16.7. The van der Waals surface area contributed by atoms with Crippen LogP contribution in [0.25, 0.3) is 0 Å². The Morgan fingerprint density at radius 2 is 1.80 bits per heavy atom. The number of ether oxygens (including phenoxy) is 2. The van der Waals surface area contributed by atoms with Gasteiger partial charge in [-0.25, -0.2) is 4.79 Å². The van der Waals surface area contributed by atoms with E-state index in [4.69, 9.17) is 9.47 Å². The van der Waals surface area contributed by atoms with Gasteiger partial charge in [-0.3, -0.25) is 0 Å². The Hall–Kier alpha value is -2.69. The second-order valence-corrected chi connectivity index (χ2v) is 6.72. The standard InChI is InChI=1S/C20H22N2O3/c23-19(21-12-15-7-8-17-18(11-15)25-14-24-17)22-13-20(9-4-10-20)16-5-2-1-3-6-16/h1-3,5-8,11H,4,9-10,12-14H2,(H2,21,22,23). The third-order valence-electron chi connectivity index (χ3n) is 5.17. The van der Waals surface area contributed by atoms with Gasteiger partial charge in [0.15, 0.2) is 11.5 Å². The van der Waals surface area contributed by atoms with Crippen LogP contribution in [0.15, 0.2) is 48.5 Å². The number of urea groups is 1. The fraction of sp³-hybridized carbons (Fsp3) is 0.350. The summed E-state index contributed by atoms with van der Waals surface area (Å²) in [6, 6.07) is 16.0. The van der Waals surface area contributed by atoms with Crippen molar-refractivity contribution in [3.8, 4) is 11.5 Å². The lowest BCUT2D eigenvalue weighted by Crippen LogP contribution is -2.48. The topological polar surface area (TPSA) is 59.6 Å². The van der Waals surface area contributed by atoms with Crippen molar-refractivity contribution in [2.24, 2.45) is 0 Å². The first kappa shape index (κ1) is 15.8. The van der Waals surface area contributed by atoms with Gasteiger partial charge >= 0.3 is 6.03 Å². The van der Waals surface area contributed by atoms with Crippen molar-refractivity contribution in [2.75, 3.05) is 13.3 Å². The summed E-state index contributed by atoms with van der Waals surface area (Å²) >= 11 is 0. The van der Waals surface area contributed by atoms with E-state index in [9.17, 15) is 4.79 Å². The van der Waals surface area contributed by atoms with E-state index in [0.29, 0.717) is 13.1 Å². The minimum absolute atomic E-state index is 0.0946. The van der Waals surface area contributed by atoms with Gasteiger partial charge in [0.25, 0.3) is 0 Å². The highest BCUT2D eigenvalue weighted by Crippen LogP contribution is 2.43. The highest BCUT2D eigenvalue weighted by molar-refractivity contribution is 5.74. The molecule has 0 bridgehead atoms. The van der Waals surface area contributed by atoms with E-state index in [-0.39, 0.29) is 18.2 Å². The van der Waals surface area contributed by atoms with E-state index in [1.807, 2.05) is 24.3 Å². The van der Waals surface area contributed by atoms with E-state index in [1.54, 1.807) is 0 Å². The first-order valence-corrected chi connectivity index (χ1v) is 8.71. The number of amides is 2. The lowest BCUT2D eigenvalue weighted by Gasteiger charge is -2.42. The Morgan fingerprint density at radius 3 is 2.56 bits per heavy atom. The first-order chi connectivity index (χ1) is 12.3. The number of carbonyl (C=O) groups excluding carboxylic acids is 1. The Balaban J connectivity index is 1.30. The molecule has 2 aromatic rings. The number of hydrogen-bond donors (Lipinski definition) is 2. The molecule has 25 heavy (non-hydrogen) atoms. The number of carbonyl (C=O) groups is 1. The molecule has 1 saturated carbocycles. The molecule has 1 fully saturated rings. The fourth-order valence-electron chi connectivity index (χ4n) is 3.51. The maximum atomic E-state index is 12.2. The van der Waals surface area contributed by atoms with Gasteiger partial charge in [-0.2, -0.15) is 0 Å². The molecule has 130 valence electrons. The van der Waals surface area contributed by atoms with Crippen molar-refractivity contribution >= 4 is 6.03 Å². The first-order valence-electron chi connectivity index (χ1n) is 8.71. The van der Waals surface area contributed by atoms with Crippen LogP contribution in [0.4, 0.5) is 4.79 Å². The summed E-state index contributed by atoms with van der Waals surface area (Å²) in [5.74, 6) is 1.49. The Bertz CT molecular complexity index is 757.